The molecule has 4 aliphatic rings. The van der Waals surface area contributed by atoms with Gasteiger partial charge in [0.15, 0.2) is 0 Å². The van der Waals surface area contributed by atoms with Gasteiger partial charge >= 0.3 is 0 Å². The van der Waals surface area contributed by atoms with Crippen molar-refractivity contribution < 1.29 is 4.74 Å². The highest BCUT2D eigenvalue weighted by Gasteiger charge is 2.55. The molecule has 0 amide bonds. The number of nitrogens with zero attached hydrogens (tertiary/aromatic N) is 4. The number of likely N-dealkylation sites (tertiary alicyclic amines) is 2. The molecule has 0 N–H and O–H groups in total. The maximum Gasteiger partial charge on any atom is 0.0635 e. The highest BCUT2D eigenvalue weighted by atomic mass is 16.5. The Labute approximate surface area is 163 Å². The van der Waals surface area contributed by atoms with Gasteiger partial charge in [0, 0.05) is 51.4 Å². The van der Waals surface area contributed by atoms with Gasteiger partial charge in [0.1, 0.15) is 0 Å². The molecule has 1 atom stereocenters. The maximum atomic E-state index is 5.87. The molecular formula is C22H34N4O. The molecule has 1 aromatic rings. The molecule has 5 nitrogen and oxygen atoms in total. The molecule has 0 aliphatic carbocycles. The van der Waals surface area contributed by atoms with Crippen LogP contribution in [0, 0.1) is 0 Å². The van der Waals surface area contributed by atoms with Crippen molar-refractivity contribution in [2.45, 2.75) is 37.0 Å². The summed E-state index contributed by atoms with van der Waals surface area (Å²) in [5.41, 5.74) is 1.79. The van der Waals surface area contributed by atoms with E-state index in [0.717, 1.165) is 38.9 Å². The average molecular weight is 371 g/mol. The summed E-state index contributed by atoms with van der Waals surface area (Å²) in [7, 11) is 2.26. The van der Waals surface area contributed by atoms with Gasteiger partial charge in [-0.2, -0.15) is 0 Å². The Balaban J connectivity index is 1.28. The van der Waals surface area contributed by atoms with E-state index in [-0.39, 0.29) is 0 Å². The van der Waals surface area contributed by atoms with E-state index in [9.17, 15) is 0 Å². The number of ether oxygens (including phenoxy) is 1. The summed E-state index contributed by atoms with van der Waals surface area (Å²) in [4.78, 5) is 10.8. The van der Waals surface area contributed by atoms with Gasteiger partial charge in [0.05, 0.1) is 18.8 Å². The minimum absolute atomic E-state index is 0.352. The van der Waals surface area contributed by atoms with Crippen LogP contribution in [0.3, 0.4) is 0 Å². The van der Waals surface area contributed by atoms with Gasteiger partial charge < -0.3 is 9.64 Å². The first-order valence-corrected chi connectivity index (χ1v) is 10.8. The summed E-state index contributed by atoms with van der Waals surface area (Å²) in [5, 5.41) is 0. The number of piperazine rings is 1. The summed E-state index contributed by atoms with van der Waals surface area (Å²) in [6.07, 6.45) is 2.68. The van der Waals surface area contributed by atoms with Gasteiger partial charge in [-0.15, -0.1) is 0 Å². The van der Waals surface area contributed by atoms with Crippen LogP contribution in [0.15, 0.2) is 30.3 Å². The lowest BCUT2D eigenvalue weighted by atomic mass is 9.80. The first-order chi connectivity index (χ1) is 13.2. The van der Waals surface area contributed by atoms with Gasteiger partial charge in [0.2, 0.25) is 0 Å². The minimum atomic E-state index is 0.352. The minimum Gasteiger partial charge on any atom is -0.378 e. The molecule has 5 heteroatoms. The predicted molar refractivity (Wildman–Crippen MR) is 108 cm³/mol. The lowest BCUT2D eigenvalue weighted by molar-refractivity contribution is -0.176. The molecule has 4 heterocycles. The van der Waals surface area contributed by atoms with E-state index in [2.05, 4.69) is 57.0 Å². The number of benzene rings is 1. The molecule has 4 fully saturated rings. The summed E-state index contributed by atoms with van der Waals surface area (Å²) in [6, 6.07) is 12.3. The number of morpholine rings is 1. The molecule has 4 aliphatic heterocycles. The Hall–Kier alpha value is -0.980. The third-order valence-electron chi connectivity index (χ3n) is 7.27. The Morgan fingerprint density at radius 2 is 1.78 bits per heavy atom. The van der Waals surface area contributed by atoms with Crippen molar-refractivity contribution >= 4 is 0 Å². The van der Waals surface area contributed by atoms with Gasteiger partial charge in [-0.25, -0.2) is 0 Å². The monoisotopic (exact) mass is 370 g/mol. The molecule has 5 rings (SSSR count). The number of fused-ring (bicyclic) bond motifs is 2. The normalized spacial score (nSPS) is 30.9. The van der Waals surface area contributed by atoms with Crippen LogP contribution in [0.5, 0.6) is 0 Å². The van der Waals surface area contributed by atoms with Crippen molar-refractivity contribution in [1.82, 2.24) is 19.6 Å². The largest absolute Gasteiger partial charge is 0.378 e. The fraction of sp³-hybridized carbons (Fsp3) is 0.727. The van der Waals surface area contributed by atoms with Gasteiger partial charge in [0.25, 0.3) is 0 Å². The molecule has 0 saturated carbocycles. The molecule has 0 unspecified atom stereocenters. The van der Waals surface area contributed by atoms with E-state index >= 15 is 0 Å². The van der Waals surface area contributed by atoms with Gasteiger partial charge in [-0.1, -0.05) is 30.3 Å². The number of piperidine rings is 1. The van der Waals surface area contributed by atoms with E-state index in [1.165, 1.54) is 51.1 Å². The number of rotatable bonds is 3. The second kappa shape index (κ2) is 7.45. The molecule has 0 aromatic heterocycles. The summed E-state index contributed by atoms with van der Waals surface area (Å²) in [6.45, 7) is 11.4. The fourth-order valence-corrected chi connectivity index (χ4v) is 5.87. The van der Waals surface area contributed by atoms with Crippen molar-refractivity contribution in [2.75, 3.05) is 66.1 Å². The lowest BCUT2D eigenvalue weighted by Crippen LogP contribution is -2.81. The zero-order valence-corrected chi connectivity index (χ0v) is 16.7. The van der Waals surface area contributed by atoms with E-state index in [4.69, 9.17) is 4.74 Å². The van der Waals surface area contributed by atoms with Crippen molar-refractivity contribution in [1.29, 1.82) is 0 Å². The van der Waals surface area contributed by atoms with Crippen molar-refractivity contribution in [3.05, 3.63) is 35.9 Å². The van der Waals surface area contributed by atoms with Crippen LogP contribution in [-0.4, -0.2) is 103 Å². The number of hydrogen-bond donors (Lipinski definition) is 0. The summed E-state index contributed by atoms with van der Waals surface area (Å²) >= 11 is 0. The highest BCUT2D eigenvalue weighted by Crippen LogP contribution is 2.38. The molecule has 148 valence electrons. The van der Waals surface area contributed by atoms with Gasteiger partial charge in [-0.3, -0.25) is 14.7 Å². The van der Waals surface area contributed by atoms with Gasteiger partial charge in [-0.05, 0) is 38.5 Å². The Kier molecular flexibility index (Phi) is 4.99. The van der Waals surface area contributed by atoms with E-state index in [1.54, 1.807) is 0 Å². The van der Waals surface area contributed by atoms with Crippen LogP contribution >= 0.6 is 0 Å². The highest BCUT2D eigenvalue weighted by molar-refractivity contribution is 5.17. The second-order valence-electron chi connectivity index (χ2n) is 9.24. The topological polar surface area (TPSA) is 22.2 Å². The average Bonchev–Trinajstić information content (AvgIpc) is 2.67. The van der Waals surface area contributed by atoms with E-state index in [0.29, 0.717) is 11.6 Å². The van der Waals surface area contributed by atoms with E-state index in [1.807, 2.05) is 0 Å². The Morgan fingerprint density at radius 3 is 2.56 bits per heavy atom. The van der Waals surface area contributed by atoms with Crippen LogP contribution in [0.25, 0.3) is 0 Å². The fourth-order valence-electron chi connectivity index (χ4n) is 5.87. The Bertz CT molecular complexity index is 624. The smallest absolute Gasteiger partial charge is 0.0635 e. The van der Waals surface area contributed by atoms with E-state index < -0.39 is 0 Å². The van der Waals surface area contributed by atoms with Crippen LogP contribution in [0.2, 0.25) is 0 Å². The van der Waals surface area contributed by atoms with Crippen LogP contribution in [0.1, 0.15) is 18.4 Å². The van der Waals surface area contributed by atoms with Crippen LogP contribution in [0.4, 0.5) is 0 Å². The lowest BCUT2D eigenvalue weighted by Gasteiger charge is -2.65. The molecule has 27 heavy (non-hydrogen) atoms. The van der Waals surface area contributed by atoms with Crippen LogP contribution in [-0.2, 0) is 11.3 Å². The molecule has 0 radical (unpaired) electrons. The zero-order valence-electron chi connectivity index (χ0n) is 16.7. The first kappa shape index (κ1) is 18.1. The SMILES string of the molecule is CN1CCC(N2CC3(CN(Cc4ccccc4)C[C@@H]4COCCN43)C2)CC1. The quantitative estimate of drug-likeness (QED) is 0.799. The van der Waals surface area contributed by atoms with Crippen molar-refractivity contribution in [3.8, 4) is 0 Å². The third-order valence-corrected chi connectivity index (χ3v) is 7.27. The Morgan fingerprint density at radius 1 is 1.00 bits per heavy atom. The first-order valence-electron chi connectivity index (χ1n) is 10.8. The van der Waals surface area contributed by atoms with Crippen molar-refractivity contribution in [2.24, 2.45) is 0 Å². The zero-order chi connectivity index (χ0) is 18.3. The second-order valence-corrected chi connectivity index (χ2v) is 9.24. The third kappa shape index (κ3) is 3.56. The van der Waals surface area contributed by atoms with Crippen molar-refractivity contribution in [3.63, 3.8) is 0 Å². The molecule has 0 bridgehead atoms. The summed E-state index contributed by atoms with van der Waals surface area (Å²) in [5.74, 6) is 0. The predicted octanol–water partition coefficient (Wildman–Crippen LogP) is 1.35. The molecular weight excluding hydrogens is 336 g/mol. The standard InChI is InChI=1S/C22H34N4O/c1-23-9-7-20(8-10-23)25-17-22(18-25)16-24(13-19-5-3-2-4-6-19)14-21-15-27-12-11-26(21)22/h2-6,20-21H,7-18H2,1H3/t21-/m1/s1. The van der Waals surface area contributed by atoms with Crippen LogP contribution < -0.4 is 0 Å². The molecule has 1 aromatic carbocycles. The molecule has 1 spiro atoms. The maximum absolute atomic E-state index is 5.87. The molecule has 4 saturated heterocycles. The summed E-state index contributed by atoms with van der Waals surface area (Å²) < 4.78 is 5.87. The number of hydrogen-bond acceptors (Lipinski definition) is 5.